The number of imide groups is 1. The van der Waals surface area contributed by atoms with Crippen molar-refractivity contribution in [2.45, 2.75) is 19.3 Å². The standard InChI is InChI=1S/C20H20N2O5/c23-17(21-10-9-13-5-1-4-8-16(13)21)12-27-18(24)11-22-19(25)14-6-2-3-7-15(14)20(22)26/h1-5,8,14-15H,6-7,9-12H2/t14-,15-/m1/s1. The van der Waals surface area contributed by atoms with E-state index in [1.54, 1.807) is 4.90 Å². The lowest BCUT2D eigenvalue weighted by Gasteiger charge is -2.18. The summed E-state index contributed by atoms with van der Waals surface area (Å²) in [6.07, 6.45) is 5.59. The maximum atomic E-state index is 12.4. The van der Waals surface area contributed by atoms with Crippen molar-refractivity contribution in [2.24, 2.45) is 11.8 Å². The number of nitrogens with zero attached hydrogens (tertiary/aromatic N) is 2. The molecule has 3 amide bonds. The molecule has 27 heavy (non-hydrogen) atoms. The summed E-state index contributed by atoms with van der Waals surface area (Å²) in [5.41, 5.74) is 1.92. The number of ether oxygens (including phenoxy) is 1. The van der Waals surface area contributed by atoms with Crippen LogP contribution < -0.4 is 4.90 Å². The zero-order valence-corrected chi connectivity index (χ0v) is 14.8. The minimum absolute atomic E-state index is 0.315. The van der Waals surface area contributed by atoms with Gasteiger partial charge in [-0.05, 0) is 30.9 Å². The number of benzene rings is 1. The molecule has 7 nitrogen and oxygen atoms in total. The highest BCUT2D eigenvalue weighted by Gasteiger charge is 2.47. The number of esters is 1. The van der Waals surface area contributed by atoms with Gasteiger partial charge in [-0.15, -0.1) is 0 Å². The van der Waals surface area contributed by atoms with Gasteiger partial charge in [0.05, 0.1) is 11.8 Å². The van der Waals surface area contributed by atoms with Crippen LogP contribution in [0.1, 0.15) is 18.4 Å². The van der Waals surface area contributed by atoms with Crippen LogP contribution in [0, 0.1) is 11.8 Å². The van der Waals surface area contributed by atoms with E-state index in [9.17, 15) is 19.2 Å². The second kappa shape index (κ2) is 6.98. The third-order valence-corrected chi connectivity index (χ3v) is 5.43. The lowest BCUT2D eigenvalue weighted by atomic mass is 9.85. The second-order valence-corrected chi connectivity index (χ2v) is 7.00. The summed E-state index contributed by atoms with van der Waals surface area (Å²) in [5, 5.41) is 0. The van der Waals surface area contributed by atoms with E-state index in [1.165, 1.54) is 0 Å². The summed E-state index contributed by atoms with van der Waals surface area (Å²) >= 11 is 0. The summed E-state index contributed by atoms with van der Waals surface area (Å²) in [5.74, 6) is -2.47. The molecule has 4 rings (SSSR count). The Morgan fingerprint density at radius 2 is 1.70 bits per heavy atom. The van der Waals surface area contributed by atoms with E-state index in [-0.39, 0.29) is 29.6 Å². The average Bonchev–Trinajstić information content (AvgIpc) is 3.22. The second-order valence-electron chi connectivity index (χ2n) is 7.00. The van der Waals surface area contributed by atoms with E-state index in [4.69, 9.17) is 4.74 Å². The van der Waals surface area contributed by atoms with Gasteiger partial charge in [-0.2, -0.15) is 0 Å². The molecule has 1 saturated heterocycles. The van der Waals surface area contributed by atoms with Crippen molar-refractivity contribution < 1.29 is 23.9 Å². The van der Waals surface area contributed by atoms with E-state index < -0.39 is 19.1 Å². The van der Waals surface area contributed by atoms with Gasteiger partial charge in [0.2, 0.25) is 11.8 Å². The summed E-state index contributed by atoms with van der Waals surface area (Å²) in [6.45, 7) is -0.290. The van der Waals surface area contributed by atoms with Crippen LogP contribution in [0.2, 0.25) is 0 Å². The van der Waals surface area contributed by atoms with Gasteiger partial charge in [0.1, 0.15) is 6.54 Å². The first kappa shape index (κ1) is 17.5. The predicted octanol–water partition coefficient (Wildman–Crippen LogP) is 1.07. The molecule has 2 heterocycles. The first-order valence-corrected chi connectivity index (χ1v) is 9.10. The molecular formula is C20H20N2O5. The first-order valence-electron chi connectivity index (χ1n) is 9.10. The maximum absolute atomic E-state index is 12.4. The van der Waals surface area contributed by atoms with Crippen molar-refractivity contribution in [1.82, 2.24) is 4.90 Å². The van der Waals surface area contributed by atoms with Crippen LogP contribution in [-0.4, -0.2) is 48.3 Å². The quantitative estimate of drug-likeness (QED) is 0.451. The monoisotopic (exact) mass is 368 g/mol. The smallest absolute Gasteiger partial charge is 0.326 e. The largest absolute Gasteiger partial charge is 0.454 e. The van der Waals surface area contributed by atoms with Crippen LogP contribution in [0.25, 0.3) is 0 Å². The Bertz CT molecular complexity index is 821. The fourth-order valence-corrected chi connectivity index (χ4v) is 4.02. The molecule has 7 heteroatoms. The number of anilines is 1. The number of hydrogen-bond acceptors (Lipinski definition) is 5. The summed E-state index contributed by atoms with van der Waals surface area (Å²) in [6, 6.07) is 7.60. The lowest BCUT2D eigenvalue weighted by Crippen LogP contribution is -2.38. The molecule has 0 N–H and O–H groups in total. The molecule has 1 aromatic carbocycles. The molecule has 0 unspecified atom stereocenters. The SMILES string of the molecule is O=C(CN1C(=O)[C@@H]2CC=CC[C@H]2C1=O)OCC(=O)N1CCc2ccccc21. The zero-order chi connectivity index (χ0) is 19.0. The number of fused-ring (bicyclic) bond motifs is 2. The van der Waals surface area contributed by atoms with Crippen LogP contribution in [0.15, 0.2) is 36.4 Å². The van der Waals surface area contributed by atoms with Crippen molar-refractivity contribution in [3.8, 4) is 0 Å². The van der Waals surface area contributed by atoms with Gasteiger partial charge < -0.3 is 9.64 Å². The number of hydrogen-bond donors (Lipinski definition) is 0. The molecule has 0 bridgehead atoms. The third kappa shape index (κ3) is 3.13. The van der Waals surface area contributed by atoms with E-state index in [2.05, 4.69) is 0 Å². The van der Waals surface area contributed by atoms with Gasteiger partial charge in [0, 0.05) is 12.2 Å². The van der Waals surface area contributed by atoms with Gasteiger partial charge in [-0.25, -0.2) is 0 Å². The fraction of sp³-hybridized carbons (Fsp3) is 0.400. The number of carbonyl (C=O) groups is 4. The van der Waals surface area contributed by atoms with Gasteiger partial charge in [-0.1, -0.05) is 30.4 Å². The molecule has 1 aromatic rings. The van der Waals surface area contributed by atoms with Crippen molar-refractivity contribution in [3.63, 3.8) is 0 Å². The summed E-state index contributed by atoms with van der Waals surface area (Å²) in [7, 11) is 0. The Balaban J connectivity index is 1.32. The van der Waals surface area contributed by atoms with Crippen LogP contribution in [0.3, 0.4) is 0 Å². The molecule has 0 saturated carbocycles. The number of likely N-dealkylation sites (tertiary alicyclic amines) is 1. The fourth-order valence-electron chi connectivity index (χ4n) is 4.02. The van der Waals surface area contributed by atoms with Gasteiger partial charge >= 0.3 is 5.97 Å². The minimum Gasteiger partial charge on any atom is -0.454 e. The highest BCUT2D eigenvalue weighted by atomic mass is 16.5. The Labute approximate surface area is 156 Å². The van der Waals surface area contributed by atoms with E-state index in [1.807, 2.05) is 36.4 Å². The average molecular weight is 368 g/mol. The van der Waals surface area contributed by atoms with Crippen LogP contribution in [0.4, 0.5) is 5.69 Å². The Morgan fingerprint density at radius 3 is 2.41 bits per heavy atom. The van der Waals surface area contributed by atoms with E-state index >= 15 is 0 Å². The Morgan fingerprint density at radius 1 is 1.04 bits per heavy atom. The molecule has 2 atom stereocenters. The minimum atomic E-state index is -0.746. The highest BCUT2D eigenvalue weighted by molar-refractivity contribution is 6.07. The van der Waals surface area contributed by atoms with Crippen molar-refractivity contribution in [3.05, 3.63) is 42.0 Å². The van der Waals surface area contributed by atoms with Crippen LogP contribution in [0.5, 0.6) is 0 Å². The normalized spacial score (nSPS) is 23.4. The van der Waals surface area contributed by atoms with Gasteiger partial charge in [0.15, 0.2) is 6.61 Å². The molecule has 3 aliphatic rings. The molecule has 1 aliphatic carbocycles. The van der Waals surface area contributed by atoms with Crippen molar-refractivity contribution in [2.75, 3.05) is 24.6 Å². The number of allylic oxidation sites excluding steroid dienone is 2. The molecular weight excluding hydrogens is 348 g/mol. The molecule has 0 radical (unpaired) electrons. The third-order valence-electron chi connectivity index (χ3n) is 5.43. The topological polar surface area (TPSA) is 84.0 Å². The van der Waals surface area contributed by atoms with Gasteiger partial charge in [0.25, 0.3) is 5.91 Å². The number of carbonyl (C=O) groups excluding carboxylic acids is 4. The van der Waals surface area contributed by atoms with Crippen molar-refractivity contribution in [1.29, 1.82) is 0 Å². The zero-order valence-electron chi connectivity index (χ0n) is 14.8. The highest BCUT2D eigenvalue weighted by Crippen LogP contribution is 2.34. The van der Waals surface area contributed by atoms with E-state index in [0.29, 0.717) is 19.4 Å². The van der Waals surface area contributed by atoms with E-state index in [0.717, 1.165) is 22.6 Å². The molecule has 1 fully saturated rings. The molecule has 0 spiro atoms. The molecule has 0 aromatic heterocycles. The maximum Gasteiger partial charge on any atom is 0.326 e. The number of amides is 3. The number of para-hydroxylation sites is 1. The Kier molecular flexibility index (Phi) is 4.51. The summed E-state index contributed by atoms with van der Waals surface area (Å²) < 4.78 is 5.05. The Hall–Kier alpha value is -2.96. The summed E-state index contributed by atoms with van der Waals surface area (Å²) in [4.78, 5) is 51.8. The van der Waals surface area contributed by atoms with Gasteiger partial charge in [-0.3, -0.25) is 24.1 Å². The lowest BCUT2D eigenvalue weighted by molar-refractivity contribution is -0.154. The van der Waals surface area contributed by atoms with Crippen LogP contribution in [-0.2, 0) is 30.3 Å². The predicted molar refractivity (Wildman–Crippen MR) is 95.5 cm³/mol. The number of rotatable bonds is 4. The molecule has 140 valence electrons. The molecule has 2 aliphatic heterocycles. The first-order chi connectivity index (χ1) is 13.1. The van der Waals surface area contributed by atoms with Crippen LogP contribution >= 0.6 is 0 Å². The van der Waals surface area contributed by atoms with Crippen molar-refractivity contribution >= 4 is 29.4 Å².